The van der Waals surface area contributed by atoms with Gasteiger partial charge < -0.3 is 19.5 Å². The summed E-state index contributed by atoms with van der Waals surface area (Å²) in [6.45, 7) is 5.21. The van der Waals surface area contributed by atoms with E-state index in [4.69, 9.17) is 32.9 Å². The minimum atomic E-state index is -0.713. The number of rotatable bonds is 6. The molecule has 0 bridgehead atoms. The lowest BCUT2D eigenvalue weighted by Gasteiger charge is -2.61. The van der Waals surface area contributed by atoms with Crippen LogP contribution in [-0.4, -0.2) is 69.0 Å². The lowest BCUT2D eigenvalue weighted by molar-refractivity contribution is -0.161. The van der Waals surface area contributed by atoms with Gasteiger partial charge in [-0.15, -0.1) is 0 Å². The summed E-state index contributed by atoms with van der Waals surface area (Å²) in [7, 11) is 4.42. The number of nitrogens with zero attached hydrogens (tertiary/aromatic N) is 5. The molecule has 4 heterocycles. The van der Waals surface area contributed by atoms with Gasteiger partial charge in [0.2, 0.25) is 11.8 Å². The molecule has 2 fully saturated rings. The van der Waals surface area contributed by atoms with Crippen molar-refractivity contribution in [3.63, 3.8) is 0 Å². The Morgan fingerprint density at radius 1 is 0.979 bits per heavy atom. The lowest BCUT2D eigenvalue weighted by atomic mass is 9.72. The maximum Gasteiger partial charge on any atom is 0.330 e. The number of carbonyl (C=O) groups is 2. The van der Waals surface area contributed by atoms with Gasteiger partial charge in [0, 0.05) is 87.1 Å². The van der Waals surface area contributed by atoms with Gasteiger partial charge in [-0.05, 0) is 30.5 Å². The Hall–Kier alpha value is -4.45. The number of nitrogens with one attached hydrogen (secondary N) is 1. The van der Waals surface area contributed by atoms with Crippen LogP contribution in [0, 0.1) is 5.41 Å². The number of ether oxygens (including phenoxy) is 1. The average molecular weight is 690 g/mol. The van der Waals surface area contributed by atoms with Gasteiger partial charge >= 0.3 is 5.69 Å². The molecule has 48 heavy (non-hydrogen) atoms. The third-order valence-electron chi connectivity index (χ3n) is 9.84. The summed E-state index contributed by atoms with van der Waals surface area (Å²) in [4.78, 5) is 58.9. The molecule has 0 radical (unpaired) electrons. The van der Waals surface area contributed by atoms with Gasteiger partial charge in [-0.3, -0.25) is 23.9 Å². The molecular weight excluding hydrogens is 655 g/mol. The number of carbonyl (C=O) groups excluding carboxylic acids is 2. The maximum atomic E-state index is 13.1. The zero-order chi connectivity index (χ0) is 34.1. The van der Waals surface area contributed by atoms with Crippen LogP contribution in [-0.2, 0) is 25.3 Å². The molecule has 3 aliphatic rings. The average Bonchev–Trinajstić information content (AvgIpc) is 3.45. The molecule has 2 amide bonds. The van der Waals surface area contributed by atoms with Crippen LogP contribution >= 0.6 is 23.2 Å². The molecule has 0 unspecified atom stereocenters. The molecule has 2 saturated heterocycles. The van der Waals surface area contributed by atoms with Crippen molar-refractivity contribution in [2.45, 2.75) is 25.8 Å². The molecule has 13 heteroatoms. The molecule has 1 aliphatic carbocycles. The topological polar surface area (TPSA) is 119 Å². The largest absolute Gasteiger partial charge is 0.481 e. The number of methoxy groups -OCH3 is 1. The molecular formula is C35H34Cl2N6O5. The van der Waals surface area contributed by atoms with Crippen LogP contribution < -0.4 is 21.3 Å². The Labute approximate surface area is 286 Å². The van der Waals surface area contributed by atoms with Crippen LogP contribution in [0.5, 0.6) is 5.88 Å². The third kappa shape index (κ3) is 5.21. The highest BCUT2D eigenvalue weighted by atomic mass is 35.5. The van der Waals surface area contributed by atoms with Crippen molar-refractivity contribution in [1.29, 1.82) is 0 Å². The molecule has 1 N–H and O–H groups in total. The first-order valence-corrected chi connectivity index (χ1v) is 16.4. The van der Waals surface area contributed by atoms with Gasteiger partial charge in [-0.1, -0.05) is 53.5 Å². The van der Waals surface area contributed by atoms with Crippen molar-refractivity contribution in [2.24, 2.45) is 19.5 Å². The molecule has 1 atom stereocenters. The van der Waals surface area contributed by atoms with E-state index in [1.54, 1.807) is 32.2 Å². The molecule has 4 aromatic rings. The number of hydrogen-bond donors (Lipinski definition) is 1. The number of fused-ring (bicyclic) bond motifs is 1. The number of aryl methyl sites for hydroxylation is 2. The predicted octanol–water partition coefficient (Wildman–Crippen LogP) is 4.53. The Balaban J connectivity index is 1.16. The number of likely N-dealkylation sites (tertiary alicyclic amines) is 2. The van der Waals surface area contributed by atoms with Gasteiger partial charge in [0.25, 0.3) is 11.5 Å². The first-order chi connectivity index (χ1) is 22.9. The van der Waals surface area contributed by atoms with E-state index in [0.29, 0.717) is 33.3 Å². The zero-order valence-electron chi connectivity index (χ0n) is 27.0. The van der Waals surface area contributed by atoms with Crippen LogP contribution in [0.15, 0.2) is 58.3 Å². The fourth-order valence-corrected chi connectivity index (χ4v) is 7.99. The zero-order valence-corrected chi connectivity index (χ0v) is 28.5. The summed E-state index contributed by atoms with van der Waals surface area (Å²) in [5.74, 6) is 0.0232. The fraction of sp³-hybridized carbons (Fsp3) is 0.343. The van der Waals surface area contributed by atoms with Crippen LogP contribution in [0.1, 0.15) is 40.9 Å². The predicted molar refractivity (Wildman–Crippen MR) is 184 cm³/mol. The monoisotopic (exact) mass is 688 g/mol. The number of hydrogen-bond acceptors (Lipinski definition) is 7. The number of aromatic nitrogens is 3. The molecule has 248 valence electrons. The molecule has 2 aliphatic heterocycles. The first kappa shape index (κ1) is 32.1. The maximum absolute atomic E-state index is 13.1. The summed E-state index contributed by atoms with van der Waals surface area (Å²) in [5, 5.41) is 3.38. The van der Waals surface area contributed by atoms with Crippen molar-refractivity contribution in [2.75, 3.05) is 38.6 Å². The minimum Gasteiger partial charge on any atom is -0.481 e. The van der Waals surface area contributed by atoms with E-state index in [-0.39, 0.29) is 33.6 Å². The molecule has 2 aromatic heterocycles. The highest BCUT2D eigenvalue weighted by Crippen LogP contribution is 2.50. The molecule has 7 rings (SSSR count). The van der Waals surface area contributed by atoms with Crippen molar-refractivity contribution in [1.82, 2.24) is 23.9 Å². The van der Waals surface area contributed by atoms with E-state index in [1.807, 2.05) is 23.1 Å². The van der Waals surface area contributed by atoms with Crippen molar-refractivity contribution in [3.8, 4) is 28.3 Å². The summed E-state index contributed by atoms with van der Waals surface area (Å²) in [5.41, 5.74) is 3.94. The van der Waals surface area contributed by atoms with Crippen LogP contribution in [0.4, 0.5) is 5.69 Å². The summed E-state index contributed by atoms with van der Waals surface area (Å²) in [6, 6.07) is 13.1. The van der Waals surface area contributed by atoms with E-state index in [9.17, 15) is 19.2 Å². The standard InChI is InChI=1S/C35H34Cl2N6O5/c1-19(44)42-15-35(16-42)17-43(18-35)27-12-11-20-13-26(39-32(48-4)28(20)27)23-9-5-7-21(29(23)36)22-8-6-10-25(30(22)37)38-31(45)24-14-40(2)34(47)41(3)33(24)46/h5-10,13-14,27H,11-12,15-18H2,1-4H3,(H,38,45)/t27-/m0/s1. The Kier molecular flexibility index (Phi) is 7.97. The second-order valence-corrected chi connectivity index (χ2v) is 13.8. The van der Waals surface area contributed by atoms with E-state index < -0.39 is 17.2 Å². The number of anilines is 1. The molecule has 0 saturated carbocycles. The second kappa shape index (κ2) is 11.9. The highest BCUT2D eigenvalue weighted by molar-refractivity contribution is 6.39. The Morgan fingerprint density at radius 3 is 2.33 bits per heavy atom. The number of benzene rings is 2. The van der Waals surface area contributed by atoms with Gasteiger partial charge in [0.05, 0.1) is 28.5 Å². The van der Waals surface area contributed by atoms with E-state index >= 15 is 0 Å². The van der Waals surface area contributed by atoms with Gasteiger partial charge in [-0.25, -0.2) is 9.78 Å². The van der Waals surface area contributed by atoms with Gasteiger partial charge in [0.15, 0.2) is 0 Å². The van der Waals surface area contributed by atoms with Gasteiger partial charge in [0.1, 0.15) is 5.56 Å². The second-order valence-electron chi connectivity index (χ2n) is 13.0. The summed E-state index contributed by atoms with van der Waals surface area (Å²) in [6.07, 6.45) is 3.06. The van der Waals surface area contributed by atoms with Crippen LogP contribution in [0.25, 0.3) is 22.4 Å². The smallest absolute Gasteiger partial charge is 0.330 e. The van der Waals surface area contributed by atoms with Crippen molar-refractivity contribution in [3.05, 3.63) is 96.2 Å². The fourth-order valence-electron chi connectivity index (χ4n) is 7.39. The number of halogens is 2. The quantitative estimate of drug-likeness (QED) is 0.316. The number of amides is 2. The molecule has 2 aromatic carbocycles. The lowest BCUT2D eigenvalue weighted by Crippen LogP contribution is -2.72. The molecule has 11 nitrogen and oxygen atoms in total. The van der Waals surface area contributed by atoms with E-state index in [0.717, 1.165) is 49.2 Å². The molecule has 1 spiro atoms. The SMILES string of the molecule is COc1nc(-c2cccc(-c3cccc(NC(=O)c4cn(C)c(=O)n(C)c4=O)c3Cl)c2Cl)cc2c1[C@@H](N1CC3(CN(C(C)=O)C3)C1)CC2. The normalized spacial score (nSPS) is 17.9. The van der Waals surface area contributed by atoms with E-state index in [1.165, 1.54) is 30.4 Å². The highest BCUT2D eigenvalue weighted by Gasteiger charge is 2.55. The van der Waals surface area contributed by atoms with Crippen LogP contribution in [0.2, 0.25) is 10.0 Å². The van der Waals surface area contributed by atoms with Crippen molar-refractivity contribution >= 4 is 40.7 Å². The first-order valence-electron chi connectivity index (χ1n) is 15.6. The van der Waals surface area contributed by atoms with Gasteiger partial charge in [-0.2, -0.15) is 0 Å². The summed E-state index contributed by atoms with van der Waals surface area (Å²) < 4.78 is 7.91. The summed E-state index contributed by atoms with van der Waals surface area (Å²) >= 11 is 13.9. The number of pyridine rings is 1. The Morgan fingerprint density at radius 2 is 1.65 bits per heavy atom. The van der Waals surface area contributed by atoms with E-state index in [2.05, 4.69) is 16.3 Å². The third-order valence-corrected chi connectivity index (χ3v) is 10.7. The van der Waals surface area contributed by atoms with Crippen molar-refractivity contribution < 1.29 is 14.3 Å². The Bertz CT molecular complexity index is 2130. The minimum absolute atomic E-state index is 0.138. The van der Waals surface area contributed by atoms with Crippen LogP contribution in [0.3, 0.4) is 0 Å².